The van der Waals surface area contributed by atoms with E-state index in [1.165, 1.54) is 17.3 Å². The van der Waals surface area contributed by atoms with Gasteiger partial charge in [-0.3, -0.25) is 4.79 Å². The monoisotopic (exact) mass is 355 g/mol. The van der Waals surface area contributed by atoms with E-state index in [0.29, 0.717) is 5.16 Å². The fourth-order valence-corrected chi connectivity index (χ4v) is 3.78. The molecule has 6 nitrogen and oxygen atoms in total. The zero-order chi connectivity index (χ0) is 17.9. The second kappa shape index (κ2) is 7.28. The smallest absolute Gasteiger partial charge is 0.231 e. The van der Waals surface area contributed by atoms with Crippen LogP contribution in [0.4, 0.5) is 0 Å². The summed E-state index contributed by atoms with van der Waals surface area (Å²) < 4.78 is 1.89. The number of nitrogens with zero attached hydrogens (tertiary/aromatic N) is 4. The lowest BCUT2D eigenvalue weighted by Crippen LogP contribution is -2.45. The summed E-state index contributed by atoms with van der Waals surface area (Å²) in [7, 11) is 1.89. The first-order valence-corrected chi connectivity index (χ1v) is 9.33. The van der Waals surface area contributed by atoms with E-state index in [-0.39, 0.29) is 11.7 Å². The zero-order valence-corrected chi connectivity index (χ0v) is 15.3. The number of rotatable bonds is 5. The molecule has 0 atom stereocenters. The molecule has 7 heteroatoms. The van der Waals surface area contributed by atoms with E-state index in [9.17, 15) is 10.1 Å². The van der Waals surface area contributed by atoms with Crippen molar-refractivity contribution in [2.45, 2.75) is 43.3 Å². The van der Waals surface area contributed by atoms with Crippen molar-refractivity contribution in [1.82, 2.24) is 20.1 Å². The van der Waals surface area contributed by atoms with Gasteiger partial charge in [-0.1, -0.05) is 41.6 Å². The van der Waals surface area contributed by atoms with Gasteiger partial charge in [0.2, 0.25) is 5.91 Å². The van der Waals surface area contributed by atoms with Crippen molar-refractivity contribution in [3.8, 4) is 17.5 Å². The summed E-state index contributed by atoms with van der Waals surface area (Å²) in [5, 5.41) is 21.3. The molecule has 1 amide bonds. The van der Waals surface area contributed by atoms with Gasteiger partial charge in [0.15, 0.2) is 11.0 Å². The summed E-state index contributed by atoms with van der Waals surface area (Å²) in [6, 6.07) is 10.4. The minimum atomic E-state index is -0.676. The molecule has 1 fully saturated rings. The van der Waals surface area contributed by atoms with Gasteiger partial charge in [0.1, 0.15) is 5.54 Å². The van der Waals surface area contributed by atoms with Gasteiger partial charge in [-0.2, -0.15) is 5.26 Å². The predicted molar refractivity (Wildman–Crippen MR) is 96.9 cm³/mol. The molecule has 0 radical (unpaired) electrons. The number of carbonyl (C=O) groups is 1. The van der Waals surface area contributed by atoms with E-state index >= 15 is 0 Å². The molecule has 3 rings (SSSR count). The molecule has 0 spiro atoms. The van der Waals surface area contributed by atoms with E-state index in [0.717, 1.165) is 37.1 Å². The summed E-state index contributed by atoms with van der Waals surface area (Å²) >= 11 is 1.33. The highest BCUT2D eigenvalue weighted by atomic mass is 32.2. The van der Waals surface area contributed by atoms with Crippen LogP contribution in [0, 0.1) is 18.3 Å². The Labute approximate surface area is 151 Å². The summed E-state index contributed by atoms with van der Waals surface area (Å²) in [4.78, 5) is 12.2. The number of hydrogen-bond donors (Lipinski definition) is 1. The highest BCUT2D eigenvalue weighted by Crippen LogP contribution is 2.29. The van der Waals surface area contributed by atoms with Crippen molar-refractivity contribution in [1.29, 1.82) is 5.26 Å². The Balaban J connectivity index is 1.63. The van der Waals surface area contributed by atoms with Crippen LogP contribution in [0.3, 0.4) is 0 Å². The number of thioether (sulfide) groups is 1. The van der Waals surface area contributed by atoms with E-state index < -0.39 is 5.54 Å². The Hall–Kier alpha value is -2.33. The topological polar surface area (TPSA) is 83.6 Å². The molecule has 1 aliphatic carbocycles. The van der Waals surface area contributed by atoms with Crippen LogP contribution >= 0.6 is 11.8 Å². The number of hydrogen-bond acceptors (Lipinski definition) is 5. The molecule has 0 saturated heterocycles. The molecule has 1 N–H and O–H groups in total. The Morgan fingerprint density at radius 2 is 2.00 bits per heavy atom. The Morgan fingerprint density at radius 1 is 1.32 bits per heavy atom. The van der Waals surface area contributed by atoms with Gasteiger partial charge in [-0.05, 0) is 32.6 Å². The lowest BCUT2D eigenvalue weighted by atomic mass is 10.0. The van der Waals surface area contributed by atoms with Crippen LogP contribution in [0.2, 0.25) is 0 Å². The Bertz CT molecular complexity index is 800. The molecule has 1 saturated carbocycles. The third-order valence-electron chi connectivity index (χ3n) is 4.53. The predicted octanol–water partition coefficient (Wildman–Crippen LogP) is 2.84. The summed E-state index contributed by atoms with van der Waals surface area (Å²) in [5.41, 5.74) is 1.51. The first-order valence-electron chi connectivity index (χ1n) is 8.34. The van der Waals surface area contributed by atoms with Crippen molar-refractivity contribution in [2.24, 2.45) is 7.05 Å². The van der Waals surface area contributed by atoms with Crippen molar-refractivity contribution in [2.75, 3.05) is 5.75 Å². The molecule has 1 aromatic carbocycles. The lowest BCUT2D eigenvalue weighted by Gasteiger charge is -2.21. The number of nitriles is 1. The Kier molecular flexibility index (Phi) is 5.09. The first-order chi connectivity index (χ1) is 12.0. The van der Waals surface area contributed by atoms with Gasteiger partial charge in [0.25, 0.3) is 0 Å². The Morgan fingerprint density at radius 3 is 2.64 bits per heavy atom. The fourth-order valence-electron chi connectivity index (χ4n) is 3.07. The van der Waals surface area contributed by atoms with Crippen LogP contribution in [0.25, 0.3) is 11.4 Å². The molecule has 1 heterocycles. The molecule has 0 aliphatic heterocycles. The molecule has 130 valence electrons. The number of aromatic nitrogens is 3. The molecule has 0 unspecified atom stereocenters. The number of aryl methyl sites for hydroxylation is 1. The molecule has 0 bridgehead atoms. The third-order valence-corrected chi connectivity index (χ3v) is 5.55. The van der Waals surface area contributed by atoms with Crippen molar-refractivity contribution < 1.29 is 4.79 Å². The van der Waals surface area contributed by atoms with Crippen LogP contribution in [-0.4, -0.2) is 32.0 Å². The van der Waals surface area contributed by atoms with Gasteiger partial charge < -0.3 is 9.88 Å². The number of benzene rings is 1. The molecule has 1 aromatic heterocycles. The highest BCUT2D eigenvalue weighted by molar-refractivity contribution is 7.99. The van der Waals surface area contributed by atoms with Gasteiger partial charge in [-0.25, -0.2) is 0 Å². The average molecular weight is 355 g/mol. The minimum Gasteiger partial charge on any atom is -0.337 e. The van der Waals surface area contributed by atoms with E-state index in [4.69, 9.17) is 0 Å². The van der Waals surface area contributed by atoms with Crippen LogP contribution < -0.4 is 5.32 Å². The maximum atomic E-state index is 12.2. The molecular weight excluding hydrogens is 334 g/mol. The lowest BCUT2D eigenvalue weighted by molar-refractivity contribution is -0.119. The van der Waals surface area contributed by atoms with Crippen LogP contribution in [-0.2, 0) is 11.8 Å². The minimum absolute atomic E-state index is 0.131. The average Bonchev–Trinajstić information content (AvgIpc) is 3.21. The largest absolute Gasteiger partial charge is 0.337 e. The summed E-state index contributed by atoms with van der Waals surface area (Å²) in [6.07, 6.45) is 3.46. The quantitative estimate of drug-likeness (QED) is 0.834. The SMILES string of the molecule is Cc1ccc(-c2nnc(SCC(=O)NC3(C#N)CCCC3)n2C)cc1. The van der Waals surface area contributed by atoms with E-state index in [1.54, 1.807) is 0 Å². The van der Waals surface area contributed by atoms with Gasteiger partial charge >= 0.3 is 0 Å². The van der Waals surface area contributed by atoms with Gasteiger partial charge in [0, 0.05) is 12.6 Å². The zero-order valence-electron chi connectivity index (χ0n) is 14.5. The number of amides is 1. The third kappa shape index (κ3) is 3.85. The molecule has 2 aromatic rings. The molecule has 1 aliphatic rings. The maximum absolute atomic E-state index is 12.2. The maximum Gasteiger partial charge on any atom is 0.231 e. The number of nitrogens with one attached hydrogen (secondary N) is 1. The van der Waals surface area contributed by atoms with Crippen LogP contribution in [0.1, 0.15) is 31.2 Å². The summed E-state index contributed by atoms with van der Waals surface area (Å²) in [5.74, 6) is 0.865. The van der Waals surface area contributed by atoms with Gasteiger partial charge in [-0.15, -0.1) is 10.2 Å². The first kappa shape index (κ1) is 17.5. The van der Waals surface area contributed by atoms with Gasteiger partial charge in [0.05, 0.1) is 11.8 Å². The van der Waals surface area contributed by atoms with Crippen molar-refractivity contribution in [3.05, 3.63) is 29.8 Å². The van der Waals surface area contributed by atoms with E-state index in [2.05, 4.69) is 21.6 Å². The second-order valence-corrected chi connectivity index (χ2v) is 7.41. The summed E-state index contributed by atoms with van der Waals surface area (Å²) in [6.45, 7) is 2.04. The fraction of sp³-hybridized carbons (Fsp3) is 0.444. The van der Waals surface area contributed by atoms with Crippen molar-refractivity contribution >= 4 is 17.7 Å². The molecule has 25 heavy (non-hydrogen) atoms. The molecular formula is C18H21N5OS. The highest BCUT2D eigenvalue weighted by Gasteiger charge is 2.35. The van der Waals surface area contributed by atoms with Crippen LogP contribution in [0.5, 0.6) is 0 Å². The standard InChI is InChI=1S/C18H21N5OS/c1-13-5-7-14(8-6-13)16-21-22-17(23(16)2)25-11-15(24)20-18(12-19)9-3-4-10-18/h5-8H,3-4,9-11H2,1-2H3,(H,20,24). The van der Waals surface area contributed by atoms with E-state index in [1.807, 2.05) is 42.8 Å². The normalized spacial score (nSPS) is 15.7. The number of carbonyl (C=O) groups excluding carboxylic acids is 1. The second-order valence-electron chi connectivity index (χ2n) is 6.47. The van der Waals surface area contributed by atoms with Crippen LogP contribution in [0.15, 0.2) is 29.4 Å². The van der Waals surface area contributed by atoms with Crippen molar-refractivity contribution in [3.63, 3.8) is 0 Å².